The van der Waals surface area contributed by atoms with Crippen LogP contribution in [0.25, 0.3) is 0 Å². The average Bonchev–Trinajstić information content (AvgIpc) is 2.80. The third-order valence-electron chi connectivity index (χ3n) is 5.33. The second-order valence-electron chi connectivity index (χ2n) is 8.17. The molecule has 1 aromatic carbocycles. The van der Waals surface area contributed by atoms with Gasteiger partial charge in [-0.3, -0.25) is 14.5 Å². The van der Waals surface area contributed by atoms with Crippen molar-refractivity contribution in [3.05, 3.63) is 35.4 Å². The van der Waals surface area contributed by atoms with Crippen LogP contribution in [-0.4, -0.2) is 42.5 Å². The zero-order valence-corrected chi connectivity index (χ0v) is 17.0. The van der Waals surface area contributed by atoms with Gasteiger partial charge < -0.3 is 14.3 Å². The van der Waals surface area contributed by atoms with E-state index in [0.717, 1.165) is 5.56 Å². The van der Waals surface area contributed by atoms with Crippen LogP contribution in [0.5, 0.6) is 0 Å². The van der Waals surface area contributed by atoms with Crippen LogP contribution in [0.3, 0.4) is 0 Å². The average molecular weight is 378 g/mol. The molecule has 0 saturated heterocycles. The molecule has 0 bridgehead atoms. The topological polar surface area (TPSA) is 83.9 Å². The lowest BCUT2D eigenvalue weighted by Crippen LogP contribution is -2.48. The zero-order chi connectivity index (χ0) is 19.7. The molecule has 1 aliphatic rings. The van der Waals surface area contributed by atoms with E-state index in [-0.39, 0.29) is 23.8 Å². The molecule has 0 spiro atoms. The lowest BCUT2D eigenvalue weighted by atomic mass is 10.1. The summed E-state index contributed by atoms with van der Waals surface area (Å²) < 4.78 is 6.50. The number of benzene rings is 1. The van der Waals surface area contributed by atoms with Gasteiger partial charge in [0.1, 0.15) is 12.5 Å². The van der Waals surface area contributed by atoms with Gasteiger partial charge in [0.15, 0.2) is 8.32 Å². The fourth-order valence-corrected chi connectivity index (χ4v) is 3.90. The molecule has 0 aliphatic carbocycles. The summed E-state index contributed by atoms with van der Waals surface area (Å²) in [4.78, 5) is 37.0. The van der Waals surface area contributed by atoms with Gasteiger partial charge >= 0.3 is 5.97 Å². The molecule has 2 rings (SSSR count). The van der Waals surface area contributed by atoms with Crippen LogP contribution < -0.4 is 0 Å². The van der Waals surface area contributed by atoms with E-state index >= 15 is 0 Å². The maximum absolute atomic E-state index is 12.9. The predicted molar refractivity (Wildman–Crippen MR) is 100 cm³/mol. The van der Waals surface area contributed by atoms with Crippen molar-refractivity contribution in [3.8, 4) is 0 Å². The summed E-state index contributed by atoms with van der Waals surface area (Å²) in [5, 5.41) is 8.88. The predicted octanol–water partition coefficient (Wildman–Crippen LogP) is 3.60. The molecular weight excluding hydrogens is 350 g/mol. The molecule has 1 N–H and O–H groups in total. The van der Waals surface area contributed by atoms with Crippen LogP contribution in [-0.2, 0) is 14.0 Å². The Hall–Kier alpha value is -1.99. The number of carbonyl (C=O) groups excluding carboxylic acids is 2. The van der Waals surface area contributed by atoms with Crippen LogP contribution in [0.15, 0.2) is 24.3 Å². The molecule has 1 aliphatic heterocycles. The zero-order valence-electron chi connectivity index (χ0n) is 16.0. The summed E-state index contributed by atoms with van der Waals surface area (Å²) in [6.07, 6.45) is -0.135. The van der Waals surface area contributed by atoms with Gasteiger partial charge in [0.25, 0.3) is 5.91 Å². The van der Waals surface area contributed by atoms with Gasteiger partial charge in [-0.25, -0.2) is 0 Å². The minimum Gasteiger partial charge on any atom is -0.481 e. The number of carbonyl (C=O) groups is 3. The molecule has 2 atom stereocenters. The van der Waals surface area contributed by atoms with Crippen LogP contribution in [0.1, 0.15) is 55.8 Å². The molecule has 26 heavy (non-hydrogen) atoms. The fourth-order valence-electron chi connectivity index (χ4n) is 2.75. The van der Waals surface area contributed by atoms with E-state index in [9.17, 15) is 14.4 Å². The molecule has 0 aromatic heterocycles. The van der Waals surface area contributed by atoms with Crippen molar-refractivity contribution >= 4 is 26.5 Å². The van der Waals surface area contributed by atoms with E-state index < -0.39 is 26.6 Å². The smallest absolute Gasteiger partial charge is 0.303 e. The Bertz CT molecular complexity index is 710. The maximum atomic E-state index is 12.9. The normalized spacial score (nSPS) is 18.6. The highest BCUT2D eigenvalue weighted by atomic mass is 28.4. The van der Waals surface area contributed by atoms with Gasteiger partial charge in [0, 0.05) is 17.5 Å². The van der Waals surface area contributed by atoms with Crippen LogP contribution >= 0.6 is 0 Å². The third kappa shape index (κ3) is 3.88. The van der Waals surface area contributed by atoms with Crippen LogP contribution in [0, 0.1) is 0 Å². The van der Waals surface area contributed by atoms with Gasteiger partial charge in [-0.1, -0.05) is 39.0 Å². The Labute approximate surface area is 155 Å². The number of aliphatic carboxylic acids is 1. The Morgan fingerprint density at radius 1 is 1.35 bits per heavy atom. The Morgan fingerprint density at radius 2 is 1.96 bits per heavy atom. The molecule has 1 aromatic rings. The van der Waals surface area contributed by atoms with Crippen molar-refractivity contribution < 1.29 is 23.9 Å². The van der Waals surface area contributed by atoms with Crippen molar-refractivity contribution in [1.29, 1.82) is 0 Å². The number of aldehydes is 1. The summed E-state index contributed by atoms with van der Waals surface area (Å²) in [5.41, 5.74) is 1.25. The van der Waals surface area contributed by atoms with E-state index in [2.05, 4.69) is 33.9 Å². The highest BCUT2D eigenvalue weighted by Crippen LogP contribution is 2.44. The maximum Gasteiger partial charge on any atom is 0.303 e. The first-order valence-corrected chi connectivity index (χ1v) is 11.7. The quantitative estimate of drug-likeness (QED) is 0.580. The number of rotatable bonds is 7. The second kappa shape index (κ2) is 7.32. The largest absolute Gasteiger partial charge is 0.481 e. The molecule has 142 valence electrons. The standard InChI is InChI=1S/C19H27NO5Si/c1-19(2,3)26(4,5)25-18-15-9-7-6-8-14(15)17(24)20(18)13(12-21)10-11-16(22)23/h6-9,12-13,18H,10-11H2,1-5H3,(H,22,23). The first-order chi connectivity index (χ1) is 12.0. The highest BCUT2D eigenvalue weighted by molar-refractivity contribution is 6.74. The molecule has 1 heterocycles. The van der Waals surface area contributed by atoms with Crippen LogP contribution in [0.2, 0.25) is 18.1 Å². The Balaban J connectivity index is 2.43. The first-order valence-electron chi connectivity index (χ1n) is 8.76. The first kappa shape index (κ1) is 20.3. The van der Waals surface area contributed by atoms with Gasteiger partial charge in [-0.05, 0) is 30.6 Å². The molecule has 0 radical (unpaired) electrons. The number of hydrogen-bond donors (Lipinski definition) is 1. The summed E-state index contributed by atoms with van der Waals surface area (Å²) in [7, 11) is -2.24. The van der Waals surface area contributed by atoms with Crippen LogP contribution in [0.4, 0.5) is 0 Å². The van der Waals surface area contributed by atoms with E-state index in [1.54, 1.807) is 12.1 Å². The summed E-state index contributed by atoms with van der Waals surface area (Å²) in [6, 6.07) is 6.34. The van der Waals surface area contributed by atoms with Gasteiger partial charge in [0.2, 0.25) is 0 Å². The van der Waals surface area contributed by atoms with E-state index in [1.807, 2.05) is 12.1 Å². The SMILES string of the molecule is CC(C)(C)[Si](C)(C)OC1c2ccccc2C(=O)N1C(C=O)CCC(=O)O. The van der Waals surface area contributed by atoms with E-state index in [0.29, 0.717) is 11.8 Å². The highest BCUT2D eigenvalue weighted by Gasteiger charge is 2.47. The lowest BCUT2D eigenvalue weighted by Gasteiger charge is -2.41. The van der Waals surface area contributed by atoms with Gasteiger partial charge in [-0.15, -0.1) is 0 Å². The van der Waals surface area contributed by atoms with Gasteiger partial charge in [0.05, 0.1) is 6.04 Å². The summed E-state index contributed by atoms with van der Waals surface area (Å²) >= 11 is 0. The molecule has 6 nitrogen and oxygen atoms in total. The number of nitrogens with zero attached hydrogens (tertiary/aromatic N) is 1. The fraction of sp³-hybridized carbons (Fsp3) is 0.526. The number of fused-ring (bicyclic) bond motifs is 1. The third-order valence-corrected chi connectivity index (χ3v) is 9.75. The minimum absolute atomic E-state index is 0.0654. The van der Waals surface area contributed by atoms with E-state index in [4.69, 9.17) is 9.53 Å². The number of hydrogen-bond acceptors (Lipinski definition) is 4. The van der Waals surface area contributed by atoms with Crippen molar-refractivity contribution in [2.24, 2.45) is 0 Å². The van der Waals surface area contributed by atoms with Crippen molar-refractivity contribution in [3.63, 3.8) is 0 Å². The monoisotopic (exact) mass is 377 g/mol. The number of carboxylic acid groups (broad SMARTS) is 1. The summed E-state index contributed by atoms with van der Waals surface area (Å²) in [5.74, 6) is -1.28. The summed E-state index contributed by atoms with van der Waals surface area (Å²) in [6.45, 7) is 10.5. The number of amides is 1. The molecule has 1 amide bonds. The van der Waals surface area contributed by atoms with Gasteiger partial charge in [-0.2, -0.15) is 0 Å². The second-order valence-corrected chi connectivity index (χ2v) is 12.9. The minimum atomic E-state index is -2.24. The molecule has 0 fully saturated rings. The van der Waals surface area contributed by atoms with E-state index in [1.165, 1.54) is 4.90 Å². The molecule has 2 unspecified atom stereocenters. The van der Waals surface area contributed by atoms with Crippen molar-refractivity contribution in [1.82, 2.24) is 4.90 Å². The number of carboxylic acids is 1. The van der Waals surface area contributed by atoms with Crippen molar-refractivity contribution in [2.75, 3.05) is 0 Å². The molecular formula is C19H27NO5Si. The Kier molecular flexibility index (Phi) is 5.72. The lowest BCUT2D eigenvalue weighted by molar-refractivity contribution is -0.137. The molecule has 7 heteroatoms. The molecule has 0 saturated carbocycles. The van der Waals surface area contributed by atoms with Crippen molar-refractivity contribution in [2.45, 2.75) is 64.0 Å². The Morgan fingerprint density at radius 3 is 2.50 bits per heavy atom.